The third-order valence-electron chi connectivity index (χ3n) is 2.82. The van der Waals surface area contributed by atoms with Crippen molar-refractivity contribution >= 4 is 0 Å². The zero-order valence-corrected chi connectivity index (χ0v) is 10.6. The van der Waals surface area contributed by atoms with Gasteiger partial charge in [-0.2, -0.15) is 0 Å². The van der Waals surface area contributed by atoms with Crippen molar-refractivity contribution in [2.45, 2.75) is 6.10 Å². The molecule has 0 aliphatic carbocycles. The number of aliphatic hydroxyl groups excluding tert-OH is 1. The lowest BCUT2D eigenvalue weighted by atomic mass is 10.0. The summed E-state index contributed by atoms with van der Waals surface area (Å²) in [6.07, 6.45) is 1.97. The molecule has 0 bridgehead atoms. The third kappa shape index (κ3) is 2.66. The lowest BCUT2D eigenvalue weighted by molar-refractivity contribution is 0.208. The Morgan fingerprint density at radius 3 is 2.53 bits per heavy atom. The van der Waals surface area contributed by atoms with Gasteiger partial charge < -0.3 is 14.6 Å². The Balaban J connectivity index is 2.49. The van der Waals surface area contributed by atoms with E-state index in [0.29, 0.717) is 22.6 Å². The standard InChI is InChI=1S/C14H14FNO3/c1-18-12-4-3-9(15)7-11(12)14(17)10-5-6-16-8-13(10)19-2/h3-8,14,17H,1-2H3. The molecule has 0 aliphatic rings. The van der Waals surface area contributed by atoms with Crippen LogP contribution in [0.2, 0.25) is 0 Å². The maximum absolute atomic E-state index is 13.3. The highest BCUT2D eigenvalue weighted by Gasteiger charge is 2.19. The summed E-state index contributed by atoms with van der Waals surface area (Å²) < 4.78 is 23.6. The van der Waals surface area contributed by atoms with Crippen molar-refractivity contribution in [3.05, 3.63) is 53.6 Å². The van der Waals surface area contributed by atoms with Gasteiger partial charge in [-0.15, -0.1) is 0 Å². The molecule has 100 valence electrons. The number of pyridine rings is 1. The summed E-state index contributed by atoms with van der Waals surface area (Å²) in [5.41, 5.74) is 0.841. The van der Waals surface area contributed by atoms with Crippen molar-refractivity contribution in [3.63, 3.8) is 0 Å². The fourth-order valence-corrected chi connectivity index (χ4v) is 1.87. The number of rotatable bonds is 4. The average Bonchev–Trinajstić information content (AvgIpc) is 2.46. The van der Waals surface area contributed by atoms with Gasteiger partial charge in [0.25, 0.3) is 0 Å². The summed E-state index contributed by atoms with van der Waals surface area (Å²) >= 11 is 0. The first-order chi connectivity index (χ1) is 9.17. The number of aromatic nitrogens is 1. The molecule has 0 aliphatic heterocycles. The van der Waals surface area contributed by atoms with Crippen LogP contribution in [0.5, 0.6) is 11.5 Å². The highest BCUT2D eigenvalue weighted by molar-refractivity contribution is 5.44. The molecule has 0 fully saturated rings. The van der Waals surface area contributed by atoms with Gasteiger partial charge in [0.05, 0.1) is 20.4 Å². The molecule has 0 amide bonds. The Bertz CT molecular complexity index is 574. The van der Waals surface area contributed by atoms with Gasteiger partial charge in [-0.25, -0.2) is 4.39 Å². The molecule has 1 unspecified atom stereocenters. The van der Waals surface area contributed by atoms with Crippen LogP contribution in [0.4, 0.5) is 4.39 Å². The van der Waals surface area contributed by atoms with E-state index in [0.717, 1.165) is 0 Å². The van der Waals surface area contributed by atoms with Crippen LogP contribution in [0.15, 0.2) is 36.7 Å². The summed E-state index contributed by atoms with van der Waals surface area (Å²) in [4.78, 5) is 3.91. The number of aliphatic hydroxyl groups is 1. The molecule has 1 aromatic heterocycles. The second-order valence-electron chi connectivity index (χ2n) is 3.91. The van der Waals surface area contributed by atoms with Crippen molar-refractivity contribution in [1.82, 2.24) is 4.98 Å². The number of hydrogen-bond acceptors (Lipinski definition) is 4. The van der Waals surface area contributed by atoms with E-state index >= 15 is 0 Å². The Morgan fingerprint density at radius 1 is 1.11 bits per heavy atom. The van der Waals surface area contributed by atoms with E-state index in [1.54, 1.807) is 6.07 Å². The van der Waals surface area contributed by atoms with Gasteiger partial charge in [-0.3, -0.25) is 4.98 Å². The van der Waals surface area contributed by atoms with Crippen molar-refractivity contribution in [3.8, 4) is 11.5 Å². The van der Waals surface area contributed by atoms with Crippen LogP contribution in [0.3, 0.4) is 0 Å². The topological polar surface area (TPSA) is 51.6 Å². The highest BCUT2D eigenvalue weighted by Crippen LogP contribution is 2.34. The fraction of sp³-hybridized carbons (Fsp3) is 0.214. The van der Waals surface area contributed by atoms with Crippen LogP contribution in [-0.2, 0) is 0 Å². The van der Waals surface area contributed by atoms with Gasteiger partial charge in [0, 0.05) is 17.3 Å². The van der Waals surface area contributed by atoms with Crippen LogP contribution < -0.4 is 9.47 Å². The largest absolute Gasteiger partial charge is 0.496 e. The van der Waals surface area contributed by atoms with Crippen LogP contribution in [0.1, 0.15) is 17.2 Å². The first kappa shape index (κ1) is 13.3. The number of benzene rings is 1. The van der Waals surface area contributed by atoms with Crippen LogP contribution in [-0.4, -0.2) is 24.3 Å². The van der Waals surface area contributed by atoms with E-state index in [9.17, 15) is 9.50 Å². The SMILES string of the molecule is COc1cnccc1C(O)c1cc(F)ccc1OC. The predicted molar refractivity (Wildman–Crippen MR) is 67.8 cm³/mol. The van der Waals surface area contributed by atoms with Crippen LogP contribution in [0, 0.1) is 5.82 Å². The normalized spacial score (nSPS) is 12.0. The Hall–Kier alpha value is -2.14. The van der Waals surface area contributed by atoms with Crippen molar-refractivity contribution in [1.29, 1.82) is 0 Å². The molecule has 0 saturated carbocycles. The molecular formula is C14H14FNO3. The van der Waals surface area contributed by atoms with E-state index in [2.05, 4.69) is 4.98 Å². The van der Waals surface area contributed by atoms with Crippen molar-refractivity contribution in [2.24, 2.45) is 0 Å². The van der Waals surface area contributed by atoms with Gasteiger partial charge in [0.1, 0.15) is 23.4 Å². The van der Waals surface area contributed by atoms with Gasteiger partial charge in [0.2, 0.25) is 0 Å². The maximum Gasteiger partial charge on any atom is 0.143 e. The average molecular weight is 263 g/mol. The number of nitrogens with zero attached hydrogens (tertiary/aromatic N) is 1. The van der Waals surface area contributed by atoms with Crippen LogP contribution >= 0.6 is 0 Å². The molecule has 2 rings (SSSR count). The lowest BCUT2D eigenvalue weighted by Crippen LogP contribution is -2.05. The van der Waals surface area contributed by atoms with Crippen molar-refractivity contribution in [2.75, 3.05) is 14.2 Å². The molecule has 4 nitrogen and oxygen atoms in total. The minimum atomic E-state index is -1.05. The smallest absolute Gasteiger partial charge is 0.143 e. The molecule has 1 atom stereocenters. The zero-order valence-electron chi connectivity index (χ0n) is 10.6. The van der Waals surface area contributed by atoms with E-state index in [-0.39, 0.29) is 0 Å². The predicted octanol–water partition coefficient (Wildman–Crippen LogP) is 2.32. The molecular weight excluding hydrogens is 249 g/mol. The quantitative estimate of drug-likeness (QED) is 0.919. The number of ether oxygens (including phenoxy) is 2. The maximum atomic E-state index is 13.3. The lowest BCUT2D eigenvalue weighted by Gasteiger charge is -2.17. The summed E-state index contributed by atoms with van der Waals surface area (Å²) in [6, 6.07) is 5.61. The summed E-state index contributed by atoms with van der Waals surface area (Å²) in [7, 11) is 2.95. The second-order valence-corrected chi connectivity index (χ2v) is 3.91. The van der Waals surface area contributed by atoms with Gasteiger partial charge in [-0.05, 0) is 24.3 Å². The molecule has 19 heavy (non-hydrogen) atoms. The molecule has 2 aromatic rings. The van der Waals surface area contributed by atoms with Gasteiger partial charge >= 0.3 is 0 Å². The third-order valence-corrected chi connectivity index (χ3v) is 2.82. The molecule has 0 saturated heterocycles. The van der Waals surface area contributed by atoms with E-state index < -0.39 is 11.9 Å². The van der Waals surface area contributed by atoms with Crippen molar-refractivity contribution < 1.29 is 19.0 Å². The van der Waals surface area contributed by atoms with Gasteiger partial charge in [0.15, 0.2) is 0 Å². The Morgan fingerprint density at radius 2 is 1.84 bits per heavy atom. The Kier molecular flexibility index (Phi) is 3.97. The minimum absolute atomic E-state index is 0.340. The summed E-state index contributed by atoms with van der Waals surface area (Å²) in [5, 5.41) is 10.4. The summed E-state index contributed by atoms with van der Waals surface area (Å²) in [6.45, 7) is 0. The number of halogens is 1. The minimum Gasteiger partial charge on any atom is -0.496 e. The van der Waals surface area contributed by atoms with Crippen LogP contribution in [0.25, 0.3) is 0 Å². The van der Waals surface area contributed by atoms with E-state index in [1.165, 1.54) is 44.8 Å². The van der Waals surface area contributed by atoms with E-state index in [4.69, 9.17) is 9.47 Å². The highest BCUT2D eigenvalue weighted by atomic mass is 19.1. The summed E-state index contributed by atoms with van der Waals surface area (Å²) in [5.74, 6) is 0.400. The molecule has 1 N–H and O–H groups in total. The zero-order chi connectivity index (χ0) is 13.8. The molecule has 5 heteroatoms. The monoisotopic (exact) mass is 263 g/mol. The first-order valence-corrected chi connectivity index (χ1v) is 5.66. The molecule has 0 spiro atoms. The first-order valence-electron chi connectivity index (χ1n) is 5.66. The second kappa shape index (κ2) is 5.67. The van der Waals surface area contributed by atoms with E-state index in [1.807, 2.05) is 0 Å². The number of methoxy groups -OCH3 is 2. The number of hydrogen-bond donors (Lipinski definition) is 1. The Labute approximate surface area is 110 Å². The molecule has 0 radical (unpaired) electrons. The van der Waals surface area contributed by atoms with Gasteiger partial charge in [-0.1, -0.05) is 0 Å². The molecule has 1 heterocycles. The fourth-order valence-electron chi connectivity index (χ4n) is 1.87. The molecule has 1 aromatic carbocycles.